The zero-order chi connectivity index (χ0) is 13.8. The molecule has 0 saturated carbocycles. The van der Waals surface area contributed by atoms with Crippen molar-refractivity contribution in [3.8, 4) is 0 Å². The van der Waals surface area contributed by atoms with Gasteiger partial charge in [-0.1, -0.05) is 6.07 Å². The summed E-state index contributed by atoms with van der Waals surface area (Å²) in [4.78, 5) is 18.5. The van der Waals surface area contributed by atoms with Gasteiger partial charge in [0.15, 0.2) is 5.13 Å². The van der Waals surface area contributed by atoms with E-state index in [1.165, 1.54) is 16.2 Å². The highest BCUT2D eigenvalue weighted by molar-refractivity contribution is 7.13. The fraction of sp³-hybridized carbons (Fsp3) is 0.385. The molecule has 102 valence electrons. The largest absolute Gasteiger partial charge is 0.481 e. The van der Waals surface area contributed by atoms with Crippen LogP contribution < -0.4 is 4.90 Å². The van der Waals surface area contributed by atoms with Crippen molar-refractivity contribution < 1.29 is 9.90 Å². The second-order valence-electron chi connectivity index (χ2n) is 4.44. The van der Waals surface area contributed by atoms with E-state index in [2.05, 4.69) is 34.3 Å². The van der Waals surface area contributed by atoms with E-state index >= 15 is 0 Å². The maximum atomic E-state index is 10.6. The first-order valence-electron chi connectivity index (χ1n) is 5.97. The topological polar surface area (TPSA) is 53.4 Å². The predicted molar refractivity (Wildman–Crippen MR) is 79.3 cm³/mol. The van der Waals surface area contributed by atoms with Gasteiger partial charge in [-0.15, -0.1) is 22.7 Å². The standard InChI is InChI=1S/C13H16N2O2S2/c1-9(6-11-4-3-5-18-11)15(2)13-14-10(8-19-13)7-12(16)17/h3-5,8-9H,6-7H2,1-2H3,(H,16,17). The molecule has 2 rings (SSSR count). The van der Waals surface area contributed by atoms with Gasteiger partial charge in [-0.25, -0.2) is 4.98 Å². The van der Waals surface area contributed by atoms with Gasteiger partial charge in [0.25, 0.3) is 0 Å². The van der Waals surface area contributed by atoms with E-state index in [-0.39, 0.29) is 6.42 Å². The highest BCUT2D eigenvalue weighted by Crippen LogP contribution is 2.23. The molecule has 2 aromatic heterocycles. The van der Waals surface area contributed by atoms with E-state index in [4.69, 9.17) is 5.11 Å². The minimum Gasteiger partial charge on any atom is -0.481 e. The van der Waals surface area contributed by atoms with E-state index in [1.807, 2.05) is 12.4 Å². The highest BCUT2D eigenvalue weighted by atomic mass is 32.1. The Balaban J connectivity index is 2.00. The van der Waals surface area contributed by atoms with Crippen LogP contribution in [-0.2, 0) is 17.6 Å². The predicted octanol–water partition coefficient (Wildman–Crippen LogP) is 2.90. The molecule has 0 fully saturated rings. The Morgan fingerprint density at radius 2 is 2.32 bits per heavy atom. The smallest absolute Gasteiger partial charge is 0.309 e. The van der Waals surface area contributed by atoms with Gasteiger partial charge in [-0.2, -0.15) is 0 Å². The Morgan fingerprint density at radius 3 is 2.95 bits per heavy atom. The molecule has 2 heterocycles. The zero-order valence-corrected chi connectivity index (χ0v) is 12.5. The Morgan fingerprint density at radius 1 is 1.53 bits per heavy atom. The van der Waals surface area contributed by atoms with Gasteiger partial charge in [0.2, 0.25) is 0 Å². The van der Waals surface area contributed by atoms with Crippen LogP contribution >= 0.6 is 22.7 Å². The number of carboxylic acid groups (broad SMARTS) is 1. The lowest BCUT2D eigenvalue weighted by atomic mass is 10.2. The molecule has 0 aliphatic carbocycles. The first-order valence-corrected chi connectivity index (χ1v) is 7.73. The van der Waals surface area contributed by atoms with E-state index in [1.54, 1.807) is 11.3 Å². The van der Waals surface area contributed by atoms with Gasteiger partial charge in [-0.3, -0.25) is 4.79 Å². The Bertz CT molecular complexity index is 537. The van der Waals surface area contributed by atoms with E-state index in [9.17, 15) is 4.79 Å². The molecule has 0 aliphatic rings. The summed E-state index contributed by atoms with van der Waals surface area (Å²) in [6.07, 6.45) is 0.964. The van der Waals surface area contributed by atoms with Gasteiger partial charge in [0.1, 0.15) is 0 Å². The first-order chi connectivity index (χ1) is 9.06. The maximum Gasteiger partial charge on any atom is 0.309 e. The molecule has 0 radical (unpaired) electrons. The SMILES string of the molecule is CC(Cc1cccs1)N(C)c1nc(CC(=O)O)cs1. The average Bonchev–Trinajstić information content (AvgIpc) is 2.98. The van der Waals surface area contributed by atoms with Crippen LogP contribution in [0.5, 0.6) is 0 Å². The molecule has 0 amide bonds. The van der Waals surface area contributed by atoms with Crippen molar-refractivity contribution in [3.63, 3.8) is 0 Å². The van der Waals surface area contributed by atoms with E-state index in [0.717, 1.165) is 11.6 Å². The normalized spacial score (nSPS) is 12.3. The minimum absolute atomic E-state index is 0.0103. The number of hydrogen-bond donors (Lipinski definition) is 1. The van der Waals surface area contributed by atoms with Crippen molar-refractivity contribution in [2.75, 3.05) is 11.9 Å². The number of carboxylic acids is 1. The van der Waals surface area contributed by atoms with Gasteiger partial charge >= 0.3 is 5.97 Å². The summed E-state index contributed by atoms with van der Waals surface area (Å²) in [5, 5.41) is 13.5. The van der Waals surface area contributed by atoms with Crippen molar-refractivity contribution in [2.45, 2.75) is 25.8 Å². The lowest BCUT2D eigenvalue weighted by molar-refractivity contribution is -0.136. The molecule has 6 heteroatoms. The molecule has 0 aromatic carbocycles. The number of rotatable bonds is 6. The van der Waals surface area contributed by atoms with Gasteiger partial charge in [0, 0.05) is 29.8 Å². The number of nitrogens with zero attached hydrogens (tertiary/aromatic N) is 2. The second-order valence-corrected chi connectivity index (χ2v) is 6.30. The average molecular weight is 296 g/mol. The van der Waals surface area contributed by atoms with Crippen molar-refractivity contribution in [1.29, 1.82) is 0 Å². The number of aliphatic carboxylic acids is 1. The molecule has 0 aliphatic heterocycles. The van der Waals surface area contributed by atoms with Crippen molar-refractivity contribution in [2.24, 2.45) is 0 Å². The molecular weight excluding hydrogens is 280 g/mol. The third-order valence-electron chi connectivity index (χ3n) is 2.91. The van der Waals surface area contributed by atoms with E-state index < -0.39 is 5.97 Å². The number of aromatic nitrogens is 1. The minimum atomic E-state index is -0.842. The molecule has 0 bridgehead atoms. The summed E-state index contributed by atoms with van der Waals surface area (Å²) in [6.45, 7) is 2.15. The summed E-state index contributed by atoms with van der Waals surface area (Å²) < 4.78 is 0. The second kappa shape index (κ2) is 6.16. The third-order valence-corrected chi connectivity index (χ3v) is 4.79. The maximum absolute atomic E-state index is 10.6. The molecule has 1 unspecified atom stereocenters. The van der Waals surface area contributed by atoms with Gasteiger partial charge < -0.3 is 10.0 Å². The summed E-state index contributed by atoms with van der Waals surface area (Å²) >= 11 is 3.25. The summed E-state index contributed by atoms with van der Waals surface area (Å²) in [7, 11) is 2.00. The van der Waals surface area contributed by atoms with Crippen LogP contribution in [0.15, 0.2) is 22.9 Å². The first kappa shape index (κ1) is 14.0. The molecule has 2 aromatic rings. The number of carbonyl (C=O) groups is 1. The monoisotopic (exact) mass is 296 g/mol. The van der Waals surface area contributed by atoms with Crippen molar-refractivity contribution in [3.05, 3.63) is 33.5 Å². The zero-order valence-electron chi connectivity index (χ0n) is 10.9. The molecular formula is C13H16N2O2S2. The lowest BCUT2D eigenvalue weighted by Crippen LogP contribution is -2.30. The van der Waals surface area contributed by atoms with Gasteiger partial charge in [0.05, 0.1) is 12.1 Å². The number of anilines is 1. The summed E-state index contributed by atoms with van der Waals surface area (Å²) in [6, 6.07) is 4.52. The fourth-order valence-corrected chi connectivity index (χ4v) is 3.46. The number of hydrogen-bond acceptors (Lipinski definition) is 5. The van der Waals surface area contributed by atoms with Gasteiger partial charge in [-0.05, 0) is 18.4 Å². The Hall–Kier alpha value is -1.40. The fourth-order valence-electron chi connectivity index (χ4n) is 1.74. The highest BCUT2D eigenvalue weighted by Gasteiger charge is 2.15. The molecule has 1 N–H and O–H groups in total. The molecule has 1 atom stereocenters. The molecule has 0 saturated heterocycles. The Kier molecular flexibility index (Phi) is 4.55. The quantitative estimate of drug-likeness (QED) is 0.890. The molecule has 19 heavy (non-hydrogen) atoms. The van der Waals surface area contributed by atoms with Crippen LogP contribution in [0.25, 0.3) is 0 Å². The molecule has 0 spiro atoms. The number of likely N-dealkylation sites (N-methyl/N-ethyl adjacent to an activating group) is 1. The lowest BCUT2D eigenvalue weighted by Gasteiger charge is -2.23. The number of thiazole rings is 1. The van der Waals surface area contributed by atoms with Crippen LogP contribution in [-0.4, -0.2) is 29.1 Å². The summed E-state index contributed by atoms with van der Waals surface area (Å²) in [5.41, 5.74) is 0.627. The van der Waals surface area contributed by atoms with Crippen LogP contribution in [0.3, 0.4) is 0 Å². The Labute approximate surface area is 120 Å². The summed E-state index contributed by atoms with van der Waals surface area (Å²) in [5.74, 6) is -0.842. The van der Waals surface area contributed by atoms with Crippen LogP contribution in [0.4, 0.5) is 5.13 Å². The van der Waals surface area contributed by atoms with E-state index in [0.29, 0.717) is 11.7 Å². The van der Waals surface area contributed by atoms with Crippen LogP contribution in [0.1, 0.15) is 17.5 Å². The molecule has 4 nitrogen and oxygen atoms in total. The third kappa shape index (κ3) is 3.78. The van der Waals surface area contributed by atoms with Crippen LogP contribution in [0.2, 0.25) is 0 Å². The van der Waals surface area contributed by atoms with Crippen molar-refractivity contribution in [1.82, 2.24) is 4.98 Å². The van der Waals surface area contributed by atoms with Crippen molar-refractivity contribution >= 4 is 33.8 Å². The number of thiophene rings is 1. The van der Waals surface area contributed by atoms with Crippen LogP contribution in [0, 0.1) is 0 Å².